The fraction of sp³-hybridized carbons (Fsp3) is 0.286. The standard InChI is InChI=1S/C28H31N3O2/c1-19-9-5-6-10-23(19)27(32)29-22-16-14-21(15-17-22)28(33)31-20(2)13-18-25(30(3)4)24-11-7-8-12-26(24)31/h5-12,14-17,20,25H,13,18H2,1-4H3,(H,29,32). The number of nitrogens with zero attached hydrogens (tertiary/aromatic N) is 2. The van der Waals surface area contributed by atoms with Gasteiger partial charge in [0.2, 0.25) is 0 Å². The number of nitrogens with one attached hydrogen (secondary N) is 1. The highest BCUT2D eigenvalue weighted by molar-refractivity contribution is 6.08. The molecule has 0 aromatic heterocycles. The third kappa shape index (κ3) is 4.69. The van der Waals surface area contributed by atoms with Crippen molar-refractivity contribution in [3.8, 4) is 0 Å². The summed E-state index contributed by atoms with van der Waals surface area (Å²) in [5.74, 6) is -0.178. The molecule has 1 N–H and O–H groups in total. The number of carbonyl (C=O) groups excluding carboxylic acids is 2. The number of fused-ring (bicyclic) bond motifs is 1. The fourth-order valence-corrected chi connectivity index (χ4v) is 4.62. The fourth-order valence-electron chi connectivity index (χ4n) is 4.62. The monoisotopic (exact) mass is 441 g/mol. The Balaban J connectivity index is 1.58. The van der Waals surface area contributed by atoms with Crippen molar-refractivity contribution in [2.24, 2.45) is 0 Å². The van der Waals surface area contributed by atoms with Gasteiger partial charge >= 0.3 is 0 Å². The highest BCUT2D eigenvalue weighted by Gasteiger charge is 2.32. The summed E-state index contributed by atoms with van der Waals surface area (Å²) in [6.45, 7) is 4.03. The molecule has 0 spiro atoms. The number of para-hydroxylation sites is 1. The van der Waals surface area contributed by atoms with Gasteiger partial charge in [0.25, 0.3) is 11.8 Å². The van der Waals surface area contributed by atoms with Crippen molar-refractivity contribution in [2.45, 2.75) is 38.8 Å². The van der Waals surface area contributed by atoms with Crippen LogP contribution in [0.25, 0.3) is 0 Å². The zero-order chi connectivity index (χ0) is 23.5. The minimum atomic E-state index is -0.156. The van der Waals surface area contributed by atoms with Gasteiger partial charge < -0.3 is 15.1 Å². The van der Waals surface area contributed by atoms with Crippen molar-refractivity contribution in [2.75, 3.05) is 24.3 Å². The van der Waals surface area contributed by atoms with E-state index in [1.54, 1.807) is 24.3 Å². The molecule has 0 saturated carbocycles. The molecule has 2 atom stereocenters. The molecule has 1 aliphatic heterocycles. The average molecular weight is 442 g/mol. The second kappa shape index (κ2) is 9.59. The Morgan fingerprint density at radius 2 is 1.58 bits per heavy atom. The first-order chi connectivity index (χ1) is 15.9. The van der Waals surface area contributed by atoms with Gasteiger partial charge in [-0.25, -0.2) is 0 Å². The molecule has 33 heavy (non-hydrogen) atoms. The van der Waals surface area contributed by atoms with E-state index in [4.69, 9.17) is 0 Å². The summed E-state index contributed by atoms with van der Waals surface area (Å²) in [4.78, 5) is 30.4. The Bertz CT molecular complexity index is 1150. The lowest BCUT2D eigenvalue weighted by Gasteiger charge is -2.29. The van der Waals surface area contributed by atoms with Crippen molar-refractivity contribution < 1.29 is 9.59 Å². The normalized spacial score (nSPS) is 17.9. The van der Waals surface area contributed by atoms with Crippen LogP contribution in [0.5, 0.6) is 0 Å². The Morgan fingerprint density at radius 1 is 0.909 bits per heavy atom. The van der Waals surface area contributed by atoms with Crippen molar-refractivity contribution in [1.82, 2.24) is 4.90 Å². The summed E-state index contributed by atoms with van der Waals surface area (Å²) < 4.78 is 0. The van der Waals surface area contributed by atoms with Crippen molar-refractivity contribution in [1.29, 1.82) is 0 Å². The zero-order valence-corrected chi connectivity index (χ0v) is 19.7. The molecule has 0 saturated heterocycles. The molecule has 1 aliphatic rings. The molecule has 2 unspecified atom stereocenters. The zero-order valence-electron chi connectivity index (χ0n) is 19.7. The van der Waals surface area contributed by atoms with Gasteiger partial charge in [-0.15, -0.1) is 0 Å². The summed E-state index contributed by atoms with van der Waals surface area (Å²) in [5, 5.41) is 2.93. The highest BCUT2D eigenvalue weighted by atomic mass is 16.2. The van der Waals surface area contributed by atoms with Crippen molar-refractivity contribution in [3.05, 3.63) is 95.1 Å². The first-order valence-corrected chi connectivity index (χ1v) is 11.4. The first kappa shape index (κ1) is 22.7. The number of rotatable bonds is 4. The predicted octanol–water partition coefficient (Wildman–Crippen LogP) is 5.68. The van der Waals surface area contributed by atoms with Crippen LogP contribution in [-0.2, 0) is 0 Å². The van der Waals surface area contributed by atoms with Crippen LogP contribution < -0.4 is 10.2 Å². The van der Waals surface area contributed by atoms with Gasteiger partial charge in [0.1, 0.15) is 0 Å². The van der Waals surface area contributed by atoms with Crippen LogP contribution in [0.2, 0.25) is 0 Å². The molecule has 0 radical (unpaired) electrons. The Labute approximate surface area is 196 Å². The Kier molecular flexibility index (Phi) is 6.61. The Hall–Kier alpha value is -3.44. The molecular formula is C28H31N3O2. The van der Waals surface area contributed by atoms with Crippen molar-refractivity contribution in [3.63, 3.8) is 0 Å². The van der Waals surface area contributed by atoms with Crippen LogP contribution >= 0.6 is 0 Å². The summed E-state index contributed by atoms with van der Waals surface area (Å²) in [7, 11) is 4.18. The number of carbonyl (C=O) groups is 2. The summed E-state index contributed by atoms with van der Waals surface area (Å²) in [6.07, 6.45) is 1.92. The van der Waals surface area contributed by atoms with E-state index in [0.717, 1.165) is 24.1 Å². The van der Waals surface area contributed by atoms with Gasteiger partial charge in [0.15, 0.2) is 0 Å². The van der Waals surface area contributed by atoms with Crippen LogP contribution in [0.3, 0.4) is 0 Å². The van der Waals surface area contributed by atoms with Crippen LogP contribution in [0.1, 0.15) is 57.7 Å². The van der Waals surface area contributed by atoms with Gasteiger partial charge in [0, 0.05) is 34.6 Å². The smallest absolute Gasteiger partial charge is 0.258 e. The minimum Gasteiger partial charge on any atom is -0.322 e. The quantitative estimate of drug-likeness (QED) is 0.567. The summed E-state index contributed by atoms with van der Waals surface area (Å²) >= 11 is 0. The van der Waals surface area contributed by atoms with Crippen LogP contribution in [0.4, 0.5) is 11.4 Å². The van der Waals surface area contributed by atoms with Crippen LogP contribution in [0, 0.1) is 6.92 Å². The largest absolute Gasteiger partial charge is 0.322 e. The molecule has 5 nitrogen and oxygen atoms in total. The molecule has 4 rings (SSSR count). The maximum atomic E-state index is 13.6. The van der Waals surface area contributed by atoms with E-state index < -0.39 is 0 Å². The second-order valence-corrected chi connectivity index (χ2v) is 8.99. The Morgan fingerprint density at radius 3 is 2.27 bits per heavy atom. The molecule has 0 fully saturated rings. The van der Waals surface area contributed by atoms with Gasteiger partial charge in [-0.2, -0.15) is 0 Å². The SMILES string of the molecule is Cc1ccccc1C(=O)Nc1ccc(C(=O)N2c3ccccc3C(N(C)C)CCC2C)cc1. The highest BCUT2D eigenvalue weighted by Crippen LogP contribution is 2.38. The number of hydrogen-bond acceptors (Lipinski definition) is 3. The number of aryl methyl sites for hydroxylation is 1. The van der Waals surface area contributed by atoms with E-state index in [9.17, 15) is 9.59 Å². The lowest BCUT2D eigenvalue weighted by Crippen LogP contribution is -2.38. The molecule has 3 aromatic rings. The maximum absolute atomic E-state index is 13.6. The molecule has 170 valence electrons. The third-order valence-corrected chi connectivity index (χ3v) is 6.48. The molecular weight excluding hydrogens is 410 g/mol. The van der Waals surface area contributed by atoms with Gasteiger partial charge in [-0.3, -0.25) is 9.59 Å². The van der Waals surface area contributed by atoms with E-state index in [-0.39, 0.29) is 23.9 Å². The first-order valence-electron chi connectivity index (χ1n) is 11.4. The second-order valence-electron chi connectivity index (χ2n) is 8.99. The topological polar surface area (TPSA) is 52.7 Å². The van der Waals surface area contributed by atoms with Gasteiger partial charge in [0.05, 0.1) is 0 Å². The van der Waals surface area contributed by atoms with E-state index in [1.807, 2.05) is 54.3 Å². The van der Waals surface area contributed by atoms with Crippen LogP contribution in [-0.4, -0.2) is 36.9 Å². The molecule has 3 aromatic carbocycles. The van der Waals surface area contributed by atoms with E-state index in [1.165, 1.54) is 5.56 Å². The van der Waals surface area contributed by atoms with E-state index in [2.05, 4.69) is 37.3 Å². The molecule has 0 aliphatic carbocycles. The minimum absolute atomic E-state index is 0.0221. The number of amides is 2. The number of anilines is 2. The lowest BCUT2D eigenvalue weighted by molar-refractivity contribution is 0.0976. The summed E-state index contributed by atoms with van der Waals surface area (Å²) in [5.41, 5.74) is 4.99. The van der Waals surface area contributed by atoms with E-state index in [0.29, 0.717) is 16.8 Å². The molecule has 0 bridgehead atoms. The molecule has 1 heterocycles. The maximum Gasteiger partial charge on any atom is 0.258 e. The average Bonchev–Trinajstić information content (AvgIpc) is 2.95. The van der Waals surface area contributed by atoms with Crippen LogP contribution in [0.15, 0.2) is 72.8 Å². The van der Waals surface area contributed by atoms with Gasteiger partial charge in [-0.05, 0) is 88.3 Å². The predicted molar refractivity (Wildman–Crippen MR) is 134 cm³/mol. The lowest BCUT2D eigenvalue weighted by atomic mass is 10.0. The molecule has 2 amide bonds. The summed E-state index contributed by atoms with van der Waals surface area (Å²) in [6, 6.07) is 23.2. The third-order valence-electron chi connectivity index (χ3n) is 6.48. The molecule has 5 heteroatoms. The number of benzene rings is 3. The number of hydrogen-bond donors (Lipinski definition) is 1. The van der Waals surface area contributed by atoms with Gasteiger partial charge in [-0.1, -0.05) is 36.4 Å². The van der Waals surface area contributed by atoms with Crippen molar-refractivity contribution >= 4 is 23.2 Å². The van der Waals surface area contributed by atoms with E-state index >= 15 is 0 Å².